The number of hydrogen-bond donors (Lipinski definition) is 2. The van der Waals surface area contributed by atoms with E-state index in [2.05, 4.69) is 5.32 Å². The number of carbonyl (C=O) groups is 2. The highest BCUT2D eigenvalue weighted by molar-refractivity contribution is 5.85. The first-order valence-electron chi connectivity index (χ1n) is 5.66. The molecule has 0 aromatic heterocycles. The molecule has 1 heterocycles. The average Bonchev–Trinajstić information content (AvgIpc) is 2.34. The molecule has 3 N–H and O–H groups in total. The molecule has 0 spiro atoms. The van der Waals surface area contributed by atoms with Crippen molar-refractivity contribution < 1.29 is 22.8 Å². The SMILES string of the molecule is Cl.NCC(=O)NCC(=O)N1CCC(C(F)(F)F)CC1. The number of likely N-dealkylation sites (tertiary alicyclic amines) is 1. The standard InChI is InChI=1S/C10H16F3N3O2.ClH/c11-10(12,13)7-1-3-16(4-2-7)9(18)6-15-8(17)5-14;/h7H,1-6,14H2,(H,15,17);1H. The second-order valence-corrected chi connectivity index (χ2v) is 4.18. The fourth-order valence-electron chi connectivity index (χ4n) is 1.81. The Morgan fingerprint density at radius 1 is 1.26 bits per heavy atom. The Bertz CT molecular complexity index is 318. The molecule has 2 amide bonds. The molecule has 1 saturated heterocycles. The third-order valence-corrected chi connectivity index (χ3v) is 2.93. The number of halogens is 4. The summed E-state index contributed by atoms with van der Waals surface area (Å²) in [5, 5.41) is 2.29. The van der Waals surface area contributed by atoms with Gasteiger partial charge in [-0.3, -0.25) is 9.59 Å². The highest BCUT2D eigenvalue weighted by atomic mass is 35.5. The maximum atomic E-state index is 12.4. The number of rotatable bonds is 3. The van der Waals surface area contributed by atoms with E-state index in [9.17, 15) is 22.8 Å². The van der Waals surface area contributed by atoms with E-state index in [1.807, 2.05) is 0 Å². The Morgan fingerprint density at radius 2 is 1.79 bits per heavy atom. The van der Waals surface area contributed by atoms with Gasteiger partial charge in [-0.2, -0.15) is 13.2 Å². The molecule has 0 aliphatic carbocycles. The molecule has 0 bridgehead atoms. The molecule has 5 nitrogen and oxygen atoms in total. The van der Waals surface area contributed by atoms with Gasteiger partial charge in [0.1, 0.15) is 0 Å². The van der Waals surface area contributed by atoms with E-state index in [-0.39, 0.29) is 57.3 Å². The Hall–Kier alpha value is -1.02. The number of alkyl halides is 3. The smallest absolute Gasteiger partial charge is 0.346 e. The molecule has 0 aromatic carbocycles. The molecule has 112 valence electrons. The zero-order chi connectivity index (χ0) is 13.8. The molecule has 0 atom stereocenters. The van der Waals surface area contributed by atoms with Crippen molar-refractivity contribution in [1.82, 2.24) is 10.2 Å². The Labute approximate surface area is 115 Å². The molecule has 0 unspecified atom stereocenters. The molecule has 1 aliphatic rings. The highest BCUT2D eigenvalue weighted by Gasteiger charge is 2.41. The number of nitrogens with one attached hydrogen (secondary N) is 1. The lowest BCUT2D eigenvalue weighted by molar-refractivity contribution is -0.186. The van der Waals surface area contributed by atoms with Crippen LogP contribution in [0.2, 0.25) is 0 Å². The summed E-state index contributed by atoms with van der Waals surface area (Å²) in [4.78, 5) is 23.7. The van der Waals surface area contributed by atoms with Crippen molar-refractivity contribution in [3.63, 3.8) is 0 Å². The van der Waals surface area contributed by atoms with Gasteiger partial charge in [0.25, 0.3) is 0 Å². The van der Waals surface area contributed by atoms with E-state index in [0.29, 0.717) is 0 Å². The minimum Gasteiger partial charge on any atom is -0.346 e. The fourth-order valence-corrected chi connectivity index (χ4v) is 1.81. The zero-order valence-electron chi connectivity index (χ0n) is 10.2. The van der Waals surface area contributed by atoms with Crippen molar-refractivity contribution in [2.24, 2.45) is 11.7 Å². The molecular formula is C10H17ClF3N3O2. The summed E-state index contributed by atoms with van der Waals surface area (Å²) in [6, 6.07) is 0. The molecule has 1 rings (SSSR count). The van der Waals surface area contributed by atoms with Crippen LogP contribution in [0.3, 0.4) is 0 Å². The predicted molar refractivity (Wildman–Crippen MR) is 64.7 cm³/mol. The van der Waals surface area contributed by atoms with Gasteiger partial charge in [0.05, 0.1) is 19.0 Å². The minimum absolute atomic E-state index is 0. The van der Waals surface area contributed by atoms with Gasteiger partial charge < -0.3 is 16.0 Å². The molecule has 0 radical (unpaired) electrons. The normalized spacial score (nSPS) is 16.7. The van der Waals surface area contributed by atoms with Crippen LogP contribution >= 0.6 is 12.4 Å². The molecule has 19 heavy (non-hydrogen) atoms. The molecule has 1 aliphatic heterocycles. The van der Waals surface area contributed by atoms with Gasteiger partial charge in [0.15, 0.2) is 0 Å². The van der Waals surface area contributed by atoms with E-state index < -0.39 is 18.0 Å². The van der Waals surface area contributed by atoms with Crippen LogP contribution in [0.15, 0.2) is 0 Å². The predicted octanol–water partition coefficient (Wildman–Crippen LogP) is 0.284. The number of carbonyl (C=O) groups excluding carboxylic acids is 2. The van der Waals surface area contributed by atoms with Gasteiger partial charge in [-0.1, -0.05) is 0 Å². The number of amides is 2. The van der Waals surface area contributed by atoms with Crippen LogP contribution in [0.25, 0.3) is 0 Å². The third-order valence-electron chi connectivity index (χ3n) is 2.93. The van der Waals surface area contributed by atoms with Gasteiger partial charge in [-0.25, -0.2) is 0 Å². The summed E-state index contributed by atoms with van der Waals surface area (Å²) in [6.07, 6.45) is -4.36. The van der Waals surface area contributed by atoms with Gasteiger partial charge in [-0.15, -0.1) is 12.4 Å². The quantitative estimate of drug-likeness (QED) is 0.786. The van der Waals surface area contributed by atoms with Crippen LogP contribution in [0.5, 0.6) is 0 Å². The number of nitrogens with two attached hydrogens (primary N) is 1. The van der Waals surface area contributed by atoms with Gasteiger partial charge >= 0.3 is 6.18 Å². The summed E-state index contributed by atoms with van der Waals surface area (Å²) in [5.41, 5.74) is 5.04. The van der Waals surface area contributed by atoms with Crippen LogP contribution in [-0.4, -0.2) is 49.1 Å². The second kappa shape index (κ2) is 7.54. The lowest BCUT2D eigenvalue weighted by Gasteiger charge is -2.32. The average molecular weight is 304 g/mol. The monoisotopic (exact) mass is 303 g/mol. The van der Waals surface area contributed by atoms with E-state index in [1.54, 1.807) is 0 Å². The van der Waals surface area contributed by atoms with Crippen LogP contribution in [0, 0.1) is 5.92 Å². The Kier molecular flexibility index (Phi) is 7.14. The Balaban J connectivity index is 0.00000324. The third kappa shape index (κ3) is 5.65. The van der Waals surface area contributed by atoms with Crippen LogP contribution < -0.4 is 11.1 Å². The van der Waals surface area contributed by atoms with Crippen molar-refractivity contribution in [3.8, 4) is 0 Å². The number of nitrogens with zero attached hydrogens (tertiary/aromatic N) is 1. The summed E-state index contributed by atoms with van der Waals surface area (Å²) in [5.74, 6) is -2.17. The molecule has 0 aromatic rings. The first-order chi connectivity index (χ1) is 8.34. The summed E-state index contributed by atoms with van der Waals surface area (Å²) >= 11 is 0. The van der Waals surface area contributed by atoms with Crippen molar-refractivity contribution >= 4 is 24.2 Å². The first kappa shape index (κ1) is 18.0. The first-order valence-corrected chi connectivity index (χ1v) is 5.66. The number of piperidine rings is 1. The topological polar surface area (TPSA) is 75.4 Å². The van der Waals surface area contributed by atoms with E-state index in [1.165, 1.54) is 4.90 Å². The van der Waals surface area contributed by atoms with Crippen molar-refractivity contribution in [3.05, 3.63) is 0 Å². The van der Waals surface area contributed by atoms with E-state index in [0.717, 1.165) is 0 Å². The maximum absolute atomic E-state index is 12.4. The molecule has 0 saturated carbocycles. The summed E-state index contributed by atoms with van der Waals surface area (Å²) < 4.78 is 37.2. The van der Waals surface area contributed by atoms with Gasteiger partial charge in [-0.05, 0) is 12.8 Å². The van der Waals surface area contributed by atoms with E-state index >= 15 is 0 Å². The Morgan fingerprint density at radius 3 is 2.21 bits per heavy atom. The molecular weight excluding hydrogens is 287 g/mol. The fraction of sp³-hybridized carbons (Fsp3) is 0.800. The van der Waals surface area contributed by atoms with Crippen molar-refractivity contribution in [2.45, 2.75) is 19.0 Å². The minimum atomic E-state index is -4.19. The van der Waals surface area contributed by atoms with Crippen LogP contribution in [0.4, 0.5) is 13.2 Å². The lowest BCUT2D eigenvalue weighted by atomic mass is 9.96. The molecule has 1 fully saturated rings. The maximum Gasteiger partial charge on any atom is 0.391 e. The zero-order valence-corrected chi connectivity index (χ0v) is 11.0. The lowest BCUT2D eigenvalue weighted by Crippen LogP contribution is -2.46. The molecule has 9 heteroatoms. The van der Waals surface area contributed by atoms with Crippen LogP contribution in [-0.2, 0) is 9.59 Å². The van der Waals surface area contributed by atoms with E-state index in [4.69, 9.17) is 5.73 Å². The van der Waals surface area contributed by atoms with Crippen molar-refractivity contribution in [1.29, 1.82) is 0 Å². The largest absolute Gasteiger partial charge is 0.391 e. The van der Waals surface area contributed by atoms with Gasteiger partial charge in [0.2, 0.25) is 11.8 Å². The summed E-state index contributed by atoms with van der Waals surface area (Å²) in [7, 11) is 0. The second-order valence-electron chi connectivity index (χ2n) is 4.18. The highest BCUT2D eigenvalue weighted by Crippen LogP contribution is 2.33. The van der Waals surface area contributed by atoms with Crippen molar-refractivity contribution in [2.75, 3.05) is 26.2 Å². The summed E-state index contributed by atoms with van der Waals surface area (Å²) in [6.45, 7) is -0.293. The van der Waals surface area contributed by atoms with Gasteiger partial charge in [0, 0.05) is 13.1 Å². The number of hydrogen-bond acceptors (Lipinski definition) is 3. The van der Waals surface area contributed by atoms with Crippen LogP contribution in [0.1, 0.15) is 12.8 Å².